The summed E-state index contributed by atoms with van der Waals surface area (Å²) in [7, 11) is 1.68. The van der Waals surface area contributed by atoms with E-state index < -0.39 is 5.60 Å². The minimum Gasteiger partial charge on any atom is -0.381 e. The van der Waals surface area contributed by atoms with Crippen LogP contribution in [0.2, 0.25) is 0 Å². The maximum Gasteiger partial charge on any atom is 0.231 e. The van der Waals surface area contributed by atoms with Crippen molar-refractivity contribution in [3.05, 3.63) is 11.7 Å². The van der Waals surface area contributed by atoms with Gasteiger partial charge in [0.15, 0.2) is 0 Å². The van der Waals surface area contributed by atoms with E-state index in [1.54, 1.807) is 7.11 Å². The van der Waals surface area contributed by atoms with Gasteiger partial charge in [0.1, 0.15) is 5.60 Å². The van der Waals surface area contributed by atoms with Crippen LogP contribution >= 0.6 is 0 Å². The summed E-state index contributed by atoms with van der Waals surface area (Å²) in [6.45, 7) is 3.89. The lowest BCUT2D eigenvalue weighted by Crippen LogP contribution is -2.36. The molecule has 18 heavy (non-hydrogen) atoms. The maximum atomic E-state index is 5.69. The molecule has 0 aromatic carbocycles. The SMILES string of the molecule is CCC(CN)c1nc(C2(OC)CCOCC2)no1. The van der Waals surface area contributed by atoms with Crippen LogP contribution in [0.4, 0.5) is 0 Å². The van der Waals surface area contributed by atoms with Crippen molar-refractivity contribution < 1.29 is 14.0 Å². The van der Waals surface area contributed by atoms with E-state index in [-0.39, 0.29) is 5.92 Å². The highest BCUT2D eigenvalue weighted by Crippen LogP contribution is 2.34. The monoisotopic (exact) mass is 255 g/mol. The van der Waals surface area contributed by atoms with Crippen molar-refractivity contribution in [3.8, 4) is 0 Å². The second kappa shape index (κ2) is 5.77. The van der Waals surface area contributed by atoms with Gasteiger partial charge < -0.3 is 19.7 Å². The van der Waals surface area contributed by atoms with Crippen LogP contribution in [0.5, 0.6) is 0 Å². The molecule has 1 atom stereocenters. The Labute approximate surface area is 107 Å². The largest absolute Gasteiger partial charge is 0.381 e. The van der Waals surface area contributed by atoms with Crippen LogP contribution in [0.3, 0.4) is 0 Å². The number of nitrogens with zero attached hydrogens (tertiary/aromatic N) is 2. The molecule has 0 amide bonds. The Bertz CT molecular complexity index is 370. The molecule has 6 nitrogen and oxygen atoms in total. The van der Waals surface area contributed by atoms with Gasteiger partial charge in [0.2, 0.25) is 11.7 Å². The van der Waals surface area contributed by atoms with Gasteiger partial charge in [-0.2, -0.15) is 4.98 Å². The quantitative estimate of drug-likeness (QED) is 0.850. The van der Waals surface area contributed by atoms with Crippen LogP contribution in [-0.4, -0.2) is 37.0 Å². The van der Waals surface area contributed by atoms with Crippen molar-refractivity contribution >= 4 is 0 Å². The maximum absolute atomic E-state index is 5.69. The highest BCUT2D eigenvalue weighted by Gasteiger charge is 2.39. The molecule has 0 saturated carbocycles. The molecular weight excluding hydrogens is 234 g/mol. The minimum atomic E-state index is -0.465. The molecule has 2 N–H and O–H groups in total. The van der Waals surface area contributed by atoms with Gasteiger partial charge >= 0.3 is 0 Å². The molecule has 0 spiro atoms. The molecule has 0 aliphatic carbocycles. The van der Waals surface area contributed by atoms with Crippen molar-refractivity contribution in [2.75, 3.05) is 26.9 Å². The molecule has 6 heteroatoms. The number of rotatable bonds is 5. The highest BCUT2D eigenvalue weighted by atomic mass is 16.5. The highest BCUT2D eigenvalue weighted by molar-refractivity contribution is 5.05. The summed E-state index contributed by atoms with van der Waals surface area (Å²) < 4.78 is 16.3. The summed E-state index contributed by atoms with van der Waals surface area (Å²) in [6.07, 6.45) is 2.39. The lowest BCUT2D eigenvalue weighted by atomic mass is 9.93. The van der Waals surface area contributed by atoms with Crippen LogP contribution in [0, 0.1) is 0 Å². The number of hydrogen-bond donors (Lipinski definition) is 1. The molecule has 0 radical (unpaired) electrons. The molecule has 1 aliphatic heterocycles. The molecule has 1 aromatic heterocycles. The summed E-state index contributed by atoms with van der Waals surface area (Å²) in [4.78, 5) is 4.48. The van der Waals surface area contributed by atoms with Crippen LogP contribution in [0.1, 0.15) is 43.8 Å². The lowest BCUT2D eigenvalue weighted by molar-refractivity contribution is -0.101. The van der Waals surface area contributed by atoms with Gasteiger partial charge in [-0.15, -0.1) is 0 Å². The second-order valence-corrected chi connectivity index (χ2v) is 4.61. The van der Waals surface area contributed by atoms with E-state index in [4.69, 9.17) is 19.7 Å². The van der Waals surface area contributed by atoms with Gasteiger partial charge in [0, 0.05) is 39.7 Å². The zero-order chi connectivity index (χ0) is 13.0. The van der Waals surface area contributed by atoms with Crippen molar-refractivity contribution in [3.63, 3.8) is 0 Å². The number of ether oxygens (including phenoxy) is 2. The average Bonchev–Trinajstić information content (AvgIpc) is 2.91. The molecule has 102 valence electrons. The smallest absolute Gasteiger partial charge is 0.231 e. The van der Waals surface area contributed by atoms with E-state index in [1.807, 2.05) is 0 Å². The second-order valence-electron chi connectivity index (χ2n) is 4.61. The fraction of sp³-hybridized carbons (Fsp3) is 0.833. The zero-order valence-electron chi connectivity index (χ0n) is 11.0. The van der Waals surface area contributed by atoms with E-state index in [2.05, 4.69) is 17.1 Å². The molecule has 1 saturated heterocycles. The lowest BCUT2D eigenvalue weighted by Gasteiger charge is -2.32. The van der Waals surface area contributed by atoms with E-state index >= 15 is 0 Å². The van der Waals surface area contributed by atoms with E-state index in [9.17, 15) is 0 Å². The number of methoxy groups -OCH3 is 1. The Morgan fingerprint density at radius 1 is 1.44 bits per heavy atom. The summed E-state index contributed by atoms with van der Waals surface area (Å²) in [5.41, 5.74) is 5.22. The average molecular weight is 255 g/mol. The molecule has 1 aromatic rings. The van der Waals surface area contributed by atoms with Gasteiger partial charge in [-0.05, 0) is 6.42 Å². The van der Waals surface area contributed by atoms with Gasteiger partial charge in [0.25, 0.3) is 0 Å². The third-order valence-corrected chi connectivity index (χ3v) is 3.67. The van der Waals surface area contributed by atoms with Crippen molar-refractivity contribution in [2.24, 2.45) is 5.73 Å². The van der Waals surface area contributed by atoms with Gasteiger partial charge in [-0.3, -0.25) is 0 Å². The fourth-order valence-corrected chi connectivity index (χ4v) is 2.25. The third kappa shape index (κ3) is 2.41. The topological polar surface area (TPSA) is 83.4 Å². The Balaban J connectivity index is 2.21. The van der Waals surface area contributed by atoms with Crippen LogP contribution in [0.15, 0.2) is 4.52 Å². The third-order valence-electron chi connectivity index (χ3n) is 3.67. The molecule has 1 fully saturated rings. The van der Waals surface area contributed by atoms with Crippen LogP contribution in [0.25, 0.3) is 0 Å². The molecular formula is C12H21N3O3. The zero-order valence-corrected chi connectivity index (χ0v) is 11.0. The minimum absolute atomic E-state index is 0.125. The number of hydrogen-bond acceptors (Lipinski definition) is 6. The standard InChI is InChI=1S/C12H21N3O3/c1-3-9(8-13)10-14-11(15-18-10)12(16-2)4-6-17-7-5-12/h9H,3-8,13H2,1-2H3. The summed E-state index contributed by atoms with van der Waals surface area (Å²) in [5, 5.41) is 4.08. The molecule has 2 heterocycles. The predicted molar refractivity (Wildman–Crippen MR) is 65.1 cm³/mol. The Morgan fingerprint density at radius 2 is 2.17 bits per heavy atom. The van der Waals surface area contributed by atoms with Crippen LogP contribution in [-0.2, 0) is 15.1 Å². The summed E-state index contributed by atoms with van der Waals surface area (Å²) in [5.74, 6) is 1.35. The van der Waals surface area contributed by atoms with E-state index in [0.717, 1.165) is 19.3 Å². The molecule has 1 aliphatic rings. The normalized spacial score (nSPS) is 20.8. The van der Waals surface area contributed by atoms with Gasteiger partial charge in [0.05, 0.1) is 5.92 Å². The number of aromatic nitrogens is 2. The predicted octanol–water partition coefficient (Wildman–Crippen LogP) is 1.17. The molecule has 2 rings (SSSR count). The molecule has 1 unspecified atom stereocenters. The first-order valence-electron chi connectivity index (χ1n) is 6.42. The first-order valence-corrected chi connectivity index (χ1v) is 6.42. The van der Waals surface area contributed by atoms with E-state index in [0.29, 0.717) is 31.5 Å². The summed E-state index contributed by atoms with van der Waals surface area (Å²) in [6, 6.07) is 0. The van der Waals surface area contributed by atoms with Crippen molar-refractivity contribution in [1.82, 2.24) is 10.1 Å². The first kappa shape index (κ1) is 13.5. The molecule has 0 bridgehead atoms. The van der Waals surface area contributed by atoms with Crippen molar-refractivity contribution in [2.45, 2.75) is 37.7 Å². The number of nitrogens with two attached hydrogens (primary N) is 1. The first-order chi connectivity index (χ1) is 8.75. The van der Waals surface area contributed by atoms with Gasteiger partial charge in [-0.1, -0.05) is 12.1 Å². The Kier molecular flexibility index (Phi) is 4.31. The van der Waals surface area contributed by atoms with Crippen LogP contribution < -0.4 is 5.73 Å². The van der Waals surface area contributed by atoms with E-state index in [1.165, 1.54) is 0 Å². The summed E-state index contributed by atoms with van der Waals surface area (Å²) >= 11 is 0. The Hall–Kier alpha value is -0.980. The Morgan fingerprint density at radius 3 is 2.72 bits per heavy atom. The fourth-order valence-electron chi connectivity index (χ4n) is 2.25. The van der Waals surface area contributed by atoms with Crippen molar-refractivity contribution in [1.29, 1.82) is 0 Å². The van der Waals surface area contributed by atoms with Gasteiger partial charge in [-0.25, -0.2) is 0 Å².